The van der Waals surface area contributed by atoms with Crippen molar-refractivity contribution in [2.75, 3.05) is 52.5 Å². The van der Waals surface area contributed by atoms with Crippen LogP contribution in [0.15, 0.2) is 0 Å². The number of nitrogens with two attached hydrogens (primary N) is 1. The second kappa shape index (κ2) is 17.4. The lowest BCUT2D eigenvalue weighted by Gasteiger charge is -2.28. The summed E-state index contributed by atoms with van der Waals surface area (Å²) in [6.07, 6.45) is 12.2. The van der Waals surface area contributed by atoms with Gasteiger partial charge in [-0.3, -0.25) is 4.84 Å². The number of rotatable bonds is 10. The summed E-state index contributed by atoms with van der Waals surface area (Å²) < 4.78 is 0. The number of β-amino-alcohol motifs (C(OH)–C–C–N with tert-alkyl or cyclic N) is 2. The van der Waals surface area contributed by atoms with Gasteiger partial charge in [-0.1, -0.05) is 32.1 Å². The molecule has 33 heavy (non-hydrogen) atoms. The fourth-order valence-electron chi connectivity index (χ4n) is 4.76. The number of piperidine rings is 2. The number of nitrogens with zero attached hydrogens (tertiary/aromatic N) is 2. The zero-order valence-corrected chi connectivity index (χ0v) is 20.3. The first-order valence-electron chi connectivity index (χ1n) is 12.9. The van der Waals surface area contributed by atoms with Crippen molar-refractivity contribution in [1.82, 2.24) is 20.6 Å². The molecular weight excluding hydrogens is 426 g/mol. The van der Waals surface area contributed by atoms with E-state index < -0.39 is 12.2 Å². The summed E-state index contributed by atoms with van der Waals surface area (Å²) in [5.41, 5.74) is 2.37. The van der Waals surface area contributed by atoms with Crippen LogP contribution >= 0.6 is 0 Å². The third-order valence-electron chi connectivity index (χ3n) is 6.50. The van der Waals surface area contributed by atoms with E-state index in [9.17, 15) is 15.0 Å². The van der Waals surface area contributed by atoms with Gasteiger partial charge in [-0.25, -0.2) is 16.2 Å². The Morgan fingerprint density at radius 2 is 1.30 bits per heavy atom. The van der Waals surface area contributed by atoms with Crippen LogP contribution in [-0.4, -0.2) is 96.8 Å². The molecule has 2 atom stereocenters. The van der Waals surface area contributed by atoms with Crippen LogP contribution in [0.2, 0.25) is 0 Å². The van der Waals surface area contributed by atoms with Gasteiger partial charge in [0, 0.05) is 19.1 Å². The normalized spacial score (nSPS) is 22.6. The summed E-state index contributed by atoms with van der Waals surface area (Å²) >= 11 is 0. The number of hydrogen-bond donors (Lipinski definition) is 5. The van der Waals surface area contributed by atoms with Crippen molar-refractivity contribution in [1.29, 1.82) is 0 Å². The Labute approximate surface area is 199 Å². The highest BCUT2D eigenvalue weighted by molar-refractivity contribution is 5.73. The lowest BCUT2D eigenvalue weighted by molar-refractivity contribution is -0.0179. The third-order valence-corrected chi connectivity index (χ3v) is 6.50. The number of amides is 2. The summed E-state index contributed by atoms with van der Waals surface area (Å²) in [6, 6.07) is -0.0345. The van der Waals surface area contributed by atoms with Gasteiger partial charge in [-0.05, 0) is 64.7 Å². The van der Waals surface area contributed by atoms with Crippen LogP contribution in [-0.2, 0) is 9.68 Å². The number of nitrogens with one attached hydrogen (secondary N) is 2. The average molecular weight is 474 g/mol. The van der Waals surface area contributed by atoms with E-state index in [-0.39, 0.29) is 25.3 Å². The highest BCUT2D eigenvalue weighted by atomic mass is 16.7. The van der Waals surface area contributed by atoms with Crippen LogP contribution in [0.5, 0.6) is 0 Å². The van der Waals surface area contributed by atoms with E-state index in [2.05, 4.69) is 25.4 Å². The van der Waals surface area contributed by atoms with E-state index in [1.165, 1.54) is 57.8 Å². The largest absolute Gasteiger partial charge is 0.389 e. The first-order chi connectivity index (χ1) is 16.1. The van der Waals surface area contributed by atoms with Gasteiger partial charge in [-0.15, -0.1) is 0 Å². The molecule has 0 aromatic heterocycles. The van der Waals surface area contributed by atoms with Crippen LogP contribution < -0.4 is 16.7 Å². The maximum atomic E-state index is 11.6. The molecule has 194 valence electrons. The van der Waals surface area contributed by atoms with Crippen molar-refractivity contribution in [3.05, 3.63) is 0 Å². The monoisotopic (exact) mass is 473 g/mol. The van der Waals surface area contributed by atoms with Crippen LogP contribution in [0.1, 0.15) is 70.6 Å². The van der Waals surface area contributed by atoms with Gasteiger partial charge in [0.15, 0.2) is 0 Å². The highest BCUT2D eigenvalue weighted by Crippen LogP contribution is 2.17. The maximum absolute atomic E-state index is 11.6. The molecule has 3 fully saturated rings. The molecule has 2 aliphatic heterocycles. The van der Waals surface area contributed by atoms with Gasteiger partial charge >= 0.3 is 6.03 Å². The van der Waals surface area contributed by atoms with Crippen LogP contribution in [0.4, 0.5) is 4.79 Å². The van der Waals surface area contributed by atoms with Gasteiger partial charge in [0.2, 0.25) is 0 Å². The number of hydroxylamine groups is 1. The highest BCUT2D eigenvalue weighted by Gasteiger charge is 2.17. The van der Waals surface area contributed by atoms with E-state index >= 15 is 0 Å². The van der Waals surface area contributed by atoms with Crippen molar-refractivity contribution in [3.63, 3.8) is 0 Å². The molecule has 0 radical (unpaired) electrons. The molecule has 0 bridgehead atoms. The number of carbonyl (C=O) groups excluding carboxylic acids is 1. The first-order valence-corrected chi connectivity index (χ1v) is 12.9. The molecule has 0 aromatic rings. The van der Waals surface area contributed by atoms with Gasteiger partial charge in [-0.2, -0.15) is 0 Å². The minimum Gasteiger partial charge on any atom is -0.389 e. The molecule has 1 aliphatic carbocycles. The van der Waals surface area contributed by atoms with E-state index in [1.54, 1.807) is 0 Å². The van der Waals surface area contributed by atoms with Crippen molar-refractivity contribution >= 4 is 6.03 Å². The Bertz CT molecular complexity index is 498. The van der Waals surface area contributed by atoms with E-state index in [0.29, 0.717) is 13.1 Å². The lowest BCUT2D eigenvalue weighted by atomic mass is 9.96. The van der Waals surface area contributed by atoms with E-state index in [1.807, 2.05) is 0 Å². The fraction of sp³-hybridized carbons (Fsp3) is 0.957. The molecule has 10 nitrogen and oxygen atoms in total. The minimum atomic E-state index is -0.557. The Morgan fingerprint density at radius 1 is 0.818 bits per heavy atom. The zero-order valence-electron chi connectivity index (χ0n) is 20.3. The first kappa shape index (κ1) is 28.2. The lowest BCUT2D eigenvalue weighted by Crippen LogP contribution is -2.44. The molecule has 2 unspecified atom stereocenters. The molecule has 3 aliphatic rings. The van der Waals surface area contributed by atoms with Crippen molar-refractivity contribution in [2.24, 2.45) is 5.90 Å². The number of urea groups is 1. The molecular formula is C23H47N5O5. The third kappa shape index (κ3) is 13.5. The quantitative estimate of drug-likeness (QED) is 0.298. The van der Waals surface area contributed by atoms with Gasteiger partial charge in [0.05, 0.1) is 18.8 Å². The Morgan fingerprint density at radius 3 is 1.82 bits per heavy atom. The van der Waals surface area contributed by atoms with Gasteiger partial charge < -0.3 is 30.2 Å². The Balaban J connectivity index is 0.000000273. The summed E-state index contributed by atoms with van der Waals surface area (Å²) in [5.74, 6) is 4.86. The summed E-state index contributed by atoms with van der Waals surface area (Å²) in [5, 5.41) is 22.2. The van der Waals surface area contributed by atoms with Crippen molar-refractivity contribution in [3.8, 4) is 0 Å². The zero-order chi connectivity index (χ0) is 23.7. The number of carbonyl (C=O) groups is 1. The predicted molar refractivity (Wildman–Crippen MR) is 127 cm³/mol. The smallest absolute Gasteiger partial charge is 0.338 e. The van der Waals surface area contributed by atoms with Gasteiger partial charge in [0.1, 0.15) is 6.61 Å². The minimum absolute atomic E-state index is 0.134. The molecule has 3 rings (SSSR count). The number of hydrogen-bond acceptors (Lipinski definition) is 8. The predicted octanol–water partition coefficient (Wildman–Crippen LogP) is 1.12. The van der Waals surface area contributed by atoms with E-state index in [0.717, 1.165) is 39.0 Å². The fourth-order valence-corrected chi connectivity index (χ4v) is 4.76. The van der Waals surface area contributed by atoms with Crippen LogP contribution in [0.25, 0.3) is 0 Å². The second-order valence-electron chi connectivity index (χ2n) is 9.58. The Hall–Kier alpha value is -1.01. The Kier molecular flexibility index (Phi) is 14.9. The molecule has 0 aromatic carbocycles. The van der Waals surface area contributed by atoms with Crippen molar-refractivity contribution in [2.45, 2.75) is 88.9 Å². The summed E-state index contributed by atoms with van der Waals surface area (Å²) in [4.78, 5) is 25.6. The molecule has 2 amide bonds. The van der Waals surface area contributed by atoms with E-state index in [4.69, 9.17) is 10.7 Å². The second-order valence-corrected chi connectivity index (χ2v) is 9.58. The summed E-state index contributed by atoms with van der Waals surface area (Å²) in [7, 11) is 0. The number of aliphatic hydroxyl groups excluding tert-OH is 2. The maximum Gasteiger partial charge on any atom is 0.338 e. The molecule has 0 spiro atoms. The summed E-state index contributed by atoms with van der Waals surface area (Å²) in [6.45, 7) is 5.97. The van der Waals surface area contributed by atoms with Crippen molar-refractivity contribution < 1.29 is 24.7 Å². The molecule has 1 saturated carbocycles. The van der Waals surface area contributed by atoms with Crippen LogP contribution in [0, 0.1) is 0 Å². The molecule has 2 heterocycles. The topological polar surface area (TPSA) is 133 Å². The van der Waals surface area contributed by atoms with Gasteiger partial charge in [0.25, 0.3) is 0 Å². The average Bonchev–Trinajstić information content (AvgIpc) is 2.81. The molecule has 10 heteroatoms. The van der Waals surface area contributed by atoms with Crippen LogP contribution in [0.3, 0.4) is 0 Å². The number of aliphatic hydroxyl groups is 2. The standard InChI is InChI=1S/C15H29N3O3.C8H18N2O2/c19-14(11-18-9-5-2-6-10-18)12-21-17-15(20)16-13-7-3-1-4-8-13;9-12-7-8(11)6-10-4-2-1-3-5-10/h13-14,19H,1-12H2,(H2,16,17,20);8,11H,1-7,9H2. The molecule has 6 N–H and O–H groups in total. The number of likely N-dealkylation sites (tertiary alicyclic amines) is 2. The molecule has 2 saturated heterocycles. The SMILES string of the molecule is NOCC(O)CN1CCCCC1.O=C(NOCC(O)CN1CCCCC1)NC1CCCCC1.